The predicted molar refractivity (Wildman–Crippen MR) is 138 cm³/mol. The number of hydrogen-bond acceptors (Lipinski definition) is 6. The van der Waals surface area contributed by atoms with E-state index in [0.29, 0.717) is 21.5 Å². The largest absolute Gasteiger partial charge is 0.478 e. The Labute approximate surface area is 216 Å². The number of amides is 4. The fourth-order valence-corrected chi connectivity index (χ4v) is 4.83. The van der Waals surface area contributed by atoms with E-state index in [1.54, 1.807) is 29.6 Å². The van der Waals surface area contributed by atoms with Crippen LogP contribution >= 0.6 is 0 Å². The third-order valence-corrected chi connectivity index (χ3v) is 6.04. The SMILES string of the molecule is NC(=O)NC(N)=O.O=C(O)c1c(C(=O)O)c2c(C(=O)O)ccc3c4cccc5cccc(c(c1C(=O)O)c23)c54. The van der Waals surface area contributed by atoms with E-state index >= 15 is 0 Å². The van der Waals surface area contributed by atoms with Crippen LogP contribution < -0.4 is 16.8 Å². The minimum absolute atomic E-state index is 0.00250. The maximum absolute atomic E-state index is 12.3. The van der Waals surface area contributed by atoms with Crippen LogP contribution in [0.25, 0.3) is 43.1 Å². The van der Waals surface area contributed by atoms with Crippen LogP contribution in [0.1, 0.15) is 41.4 Å². The first-order valence-electron chi connectivity index (χ1n) is 10.8. The molecule has 0 saturated heterocycles. The Balaban J connectivity index is 0.000000448. The summed E-state index contributed by atoms with van der Waals surface area (Å²) in [4.78, 5) is 67.9. The summed E-state index contributed by atoms with van der Waals surface area (Å²) in [6.07, 6.45) is 0. The van der Waals surface area contributed by atoms with E-state index in [1.165, 1.54) is 12.1 Å². The summed E-state index contributed by atoms with van der Waals surface area (Å²) in [5, 5.41) is 43.8. The second kappa shape index (κ2) is 9.48. The number of carboxylic acid groups (broad SMARTS) is 4. The Morgan fingerprint density at radius 1 is 0.513 bits per heavy atom. The highest BCUT2D eigenvalue weighted by Gasteiger charge is 2.33. The third kappa shape index (κ3) is 4.19. The van der Waals surface area contributed by atoms with Crippen molar-refractivity contribution in [3.63, 3.8) is 0 Å². The number of nitrogens with two attached hydrogens (primary N) is 2. The first kappa shape index (κ1) is 26.1. The first-order chi connectivity index (χ1) is 18.4. The van der Waals surface area contributed by atoms with Gasteiger partial charge in [0.2, 0.25) is 0 Å². The Morgan fingerprint density at radius 3 is 1.46 bits per heavy atom. The minimum atomic E-state index is -1.77. The van der Waals surface area contributed by atoms with E-state index in [1.807, 2.05) is 12.1 Å². The Hall–Kier alpha value is -5.98. The molecule has 13 heteroatoms. The summed E-state index contributed by atoms with van der Waals surface area (Å²) < 4.78 is 0. The molecule has 5 rings (SSSR count). The molecule has 0 aliphatic carbocycles. The number of aromatic carboxylic acids is 4. The van der Waals surface area contributed by atoms with Crippen molar-refractivity contribution in [3.8, 4) is 0 Å². The standard InChI is InChI=1S/C24H12O8.C2H5N3O2/c25-21(26)13-8-7-11-10-5-1-3-9-4-2-6-12(14(9)10)16-15(11)17(13)19(23(29)30)20(24(31)32)18(16)22(27)28;3-1(6)5-2(4)7/h1-8H,(H,25,26)(H,27,28)(H,29,30)(H,31,32);(H5,3,4,5,6,7). The molecule has 13 nitrogen and oxygen atoms in total. The van der Waals surface area contributed by atoms with E-state index < -0.39 is 58.2 Å². The molecule has 0 spiro atoms. The molecule has 0 bridgehead atoms. The lowest BCUT2D eigenvalue weighted by Crippen LogP contribution is -2.38. The molecule has 5 aromatic carbocycles. The van der Waals surface area contributed by atoms with Gasteiger partial charge in [0.25, 0.3) is 0 Å². The molecule has 0 aromatic heterocycles. The van der Waals surface area contributed by atoms with Crippen molar-refractivity contribution in [2.75, 3.05) is 0 Å². The summed E-state index contributed by atoms with van der Waals surface area (Å²) in [6, 6.07) is 11.3. The predicted octanol–water partition coefficient (Wildman–Crippen LogP) is 3.26. The highest BCUT2D eigenvalue weighted by Crippen LogP contribution is 2.45. The smallest absolute Gasteiger partial charge is 0.337 e. The number of hydrogen-bond donors (Lipinski definition) is 7. The van der Waals surface area contributed by atoms with Crippen LogP contribution in [0.3, 0.4) is 0 Å². The monoisotopic (exact) mass is 531 g/mol. The van der Waals surface area contributed by atoms with Gasteiger partial charge >= 0.3 is 35.9 Å². The van der Waals surface area contributed by atoms with Gasteiger partial charge in [-0.25, -0.2) is 28.8 Å². The summed E-state index contributed by atoms with van der Waals surface area (Å²) >= 11 is 0. The molecule has 0 saturated carbocycles. The summed E-state index contributed by atoms with van der Waals surface area (Å²) in [7, 11) is 0. The maximum Gasteiger partial charge on any atom is 0.337 e. The van der Waals surface area contributed by atoms with Gasteiger partial charge in [0.05, 0.1) is 22.3 Å². The summed E-state index contributed by atoms with van der Waals surface area (Å²) in [5.74, 6) is -6.58. The average Bonchev–Trinajstić information content (AvgIpc) is 2.84. The van der Waals surface area contributed by atoms with Crippen LogP contribution in [0.5, 0.6) is 0 Å². The first-order valence-corrected chi connectivity index (χ1v) is 10.8. The quantitative estimate of drug-likeness (QED) is 0.132. The highest BCUT2D eigenvalue weighted by atomic mass is 16.4. The number of urea groups is 2. The van der Waals surface area contributed by atoms with E-state index in [4.69, 9.17) is 0 Å². The van der Waals surface area contributed by atoms with Crippen LogP contribution in [-0.2, 0) is 0 Å². The lowest BCUT2D eigenvalue weighted by Gasteiger charge is -2.20. The van der Waals surface area contributed by atoms with Crippen molar-refractivity contribution < 1.29 is 49.2 Å². The normalized spacial score (nSPS) is 10.8. The molecule has 9 N–H and O–H groups in total. The number of fused-ring (bicyclic) bond motifs is 2. The number of carboxylic acids is 4. The van der Waals surface area contributed by atoms with Gasteiger partial charge in [0.1, 0.15) is 0 Å². The summed E-state index contributed by atoms with van der Waals surface area (Å²) in [6.45, 7) is 0. The molecule has 0 fully saturated rings. The summed E-state index contributed by atoms with van der Waals surface area (Å²) in [5.41, 5.74) is 5.96. The molecule has 0 radical (unpaired) electrons. The molecule has 0 aliphatic heterocycles. The Morgan fingerprint density at radius 2 is 1.00 bits per heavy atom. The topological polar surface area (TPSA) is 247 Å². The van der Waals surface area contributed by atoms with Crippen LogP contribution in [0.2, 0.25) is 0 Å². The fraction of sp³-hybridized carbons (Fsp3) is 0. The van der Waals surface area contributed by atoms with E-state index in [2.05, 4.69) is 11.5 Å². The number of carbonyl (C=O) groups is 6. The number of carbonyl (C=O) groups excluding carboxylic acids is 2. The lowest BCUT2D eigenvalue weighted by atomic mass is 9.81. The van der Waals surface area contributed by atoms with Gasteiger partial charge in [0, 0.05) is 16.2 Å². The van der Waals surface area contributed by atoms with Gasteiger partial charge in [0.15, 0.2) is 0 Å². The molecule has 0 aliphatic rings. The number of rotatable bonds is 4. The fourth-order valence-electron chi connectivity index (χ4n) is 4.83. The van der Waals surface area contributed by atoms with Crippen LogP contribution in [-0.4, -0.2) is 56.4 Å². The van der Waals surface area contributed by atoms with Crippen molar-refractivity contribution in [1.82, 2.24) is 5.32 Å². The number of primary amides is 2. The van der Waals surface area contributed by atoms with E-state index in [0.717, 1.165) is 5.39 Å². The number of imide groups is 1. The van der Waals surface area contributed by atoms with Gasteiger partial charge in [-0.2, -0.15) is 0 Å². The van der Waals surface area contributed by atoms with Crippen molar-refractivity contribution in [2.45, 2.75) is 0 Å². The van der Waals surface area contributed by atoms with Crippen LogP contribution in [0.15, 0.2) is 48.5 Å². The Bertz CT molecular complexity index is 1890. The number of benzene rings is 5. The van der Waals surface area contributed by atoms with Crippen molar-refractivity contribution >= 4 is 79.0 Å². The molecule has 39 heavy (non-hydrogen) atoms. The van der Waals surface area contributed by atoms with Crippen molar-refractivity contribution in [2.24, 2.45) is 11.5 Å². The second-order valence-electron chi connectivity index (χ2n) is 8.19. The molecular formula is C26H17N3O10. The molecule has 0 heterocycles. The van der Waals surface area contributed by atoms with Gasteiger partial charge in [-0.1, -0.05) is 42.5 Å². The molecule has 0 unspecified atom stereocenters. The van der Waals surface area contributed by atoms with Crippen LogP contribution in [0.4, 0.5) is 9.59 Å². The zero-order valence-corrected chi connectivity index (χ0v) is 19.5. The van der Waals surface area contributed by atoms with Crippen molar-refractivity contribution in [3.05, 3.63) is 70.8 Å². The van der Waals surface area contributed by atoms with E-state index in [-0.39, 0.29) is 16.2 Å². The van der Waals surface area contributed by atoms with E-state index in [9.17, 15) is 49.2 Å². The molecule has 5 aromatic rings. The zero-order valence-electron chi connectivity index (χ0n) is 19.5. The van der Waals surface area contributed by atoms with Gasteiger partial charge in [-0.15, -0.1) is 0 Å². The maximum atomic E-state index is 12.3. The third-order valence-electron chi connectivity index (χ3n) is 6.04. The highest BCUT2D eigenvalue weighted by molar-refractivity contribution is 6.40. The van der Waals surface area contributed by atoms with Crippen LogP contribution in [0, 0.1) is 0 Å². The zero-order chi connectivity index (χ0) is 28.8. The number of nitrogens with one attached hydrogen (secondary N) is 1. The molecule has 4 amide bonds. The second-order valence-corrected chi connectivity index (χ2v) is 8.19. The average molecular weight is 531 g/mol. The van der Waals surface area contributed by atoms with Gasteiger partial charge in [-0.3, -0.25) is 5.32 Å². The van der Waals surface area contributed by atoms with Gasteiger partial charge in [-0.05, 0) is 33.0 Å². The molecule has 196 valence electrons. The molecular weight excluding hydrogens is 514 g/mol. The van der Waals surface area contributed by atoms with Gasteiger partial charge < -0.3 is 31.9 Å². The molecule has 0 atom stereocenters. The van der Waals surface area contributed by atoms with Crippen molar-refractivity contribution in [1.29, 1.82) is 0 Å². The lowest BCUT2D eigenvalue weighted by molar-refractivity contribution is 0.0635. The minimum Gasteiger partial charge on any atom is -0.478 e. The Kier molecular flexibility index (Phi) is 6.34.